The van der Waals surface area contributed by atoms with E-state index in [1.807, 2.05) is 0 Å². The molecular weight excluding hydrogens is 298 g/mol. The van der Waals surface area contributed by atoms with Gasteiger partial charge in [0.15, 0.2) is 0 Å². The summed E-state index contributed by atoms with van der Waals surface area (Å²) in [6.07, 6.45) is 10.8. The van der Waals surface area contributed by atoms with Gasteiger partial charge in [0, 0.05) is 6.54 Å². The van der Waals surface area contributed by atoms with Crippen molar-refractivity contribution in [3.05, 3.63) is 34.2 Å². The van der Waals surface area contributed by atoms with Crippen molar-refractivity contribution in [1.29, 1.82) is 0 Å². The molecule has 0 saturated heterocycles. The van der Waals surface area contributed by atoms with Gasteiger partial charge in [-0.2, -0.15) is 5.10 Å². The minimum Gasteiger partial charge on any atom is -0.379 e. The van der Waals surface area contributed by atoms with Crippen molar-refractivity contribution in [2.75, 3.05) is 11.9 Å². The van der Waals surface area contributed by atoms with Crippen LogP contribution in [0.5, 0.6) is 0 Å². The third-order valence-electron chi connectivity index (χ3n) is 5.81. The number of aromatic nitrogens is 2. The highest BCUT2D eigenvalue weighted by atomic mass is 35.5. The van der Waals surface area contributed by atoms with Gasteiger partial charge in [-0.25, -0.2) is 4.68 Å². The Kier molecular flexibility index (Phi) is 3.33. The van der Waals surface area contributed by atoms with Gasteiger partial charge in [-0.1, -0.05) is 17.7 Å². The van der Waals surface area contributed by atoms with Gasteiger partial charge in [0.25, 0.3) is 5.56 Å². The van der Waals surface area contributed by atoms with E-state index >= 15 is 0 Å². The first-order valence-electron chi connectivity index (χ1n) is 8.24. The van der Waals surface area contributed by atoms with Gasteiger partial charge in [-0.15, -0.1) is 6.58 Å². The van der Waals surface area contributed by atoms with Gasteiger partial charge in [-0.05, 0) is 56.3 Å². The van der Waals surface area contributed by atoms with Crippen LogP contribution in [0, 0.1) is 17.8 Å². The monoisotopic (exact) mass is 319 g/mol. The largest absolute Gasteiger partial charge is 0.379 e. The van der Waals surface area contributed by atoms with Crippen molar-refractivity contribution in [1.82, 2.24) is 9.78 Å². The first-order valence-corrected chi connectivity index (χ1v) is 8.62. The van der Waals surface area contributed by atoms with Crippen molar-refractivity contribution in [3.8, 4) is 0 Å². The van der Waals surface area contributed by atoms with Crippen LogP contribution in [0.15, 0.2) is 23.6 Å². The molecular formula is C17H22ClN3O. The molecule has 4 fully saturated rings. The minimum absolute atomic E-state index is 0.0769. The molecule has 4 nitrogen and oxygen atoms in total. The number of halogens is 1. The smallest absolute Gasteiger partial charge is 0.288 e. The van der Waals surface area contributed by atoms with Crippen LogP contribution in [0.25, 0.3) is 0 Å². The average molecular weight is 320 g/mol. The molecule has 1 aromatic rings. The fraction of sp³-hybridized carbons (Fsp3) is 0.647. The second-order valence-corrected chi connectivity index (χ2v) is 7.78. The molecule has 4 aliphatic carbocycles. The Morgan fingerprint density at radius 2 is 1.91 bits per heavy atom. The van der Waals surface area contributed by atoms with Gasteiger partial charge in [-0.3, -0.25) is 4.79 Å². The quantitative estimate of drug-likeness (QED) is 0.865. The molecule has 5 rings (SSSR count). The Hall–Kier alpha value is -1.29. The van der Waals surface area contributed by atoms with Crippen LogP contribution in [0.3, 0.4) is 0 Å². The van der Waals surface area contributed by atoms with Crippen LogP contribution >= 0.6 is 11.6 Å². The summed E-state index contributed by atoms with van der Waals surface area (Å²) in [6, 6.07) is 0. The zero-order valence-corrected chi connectivity index (χ0v) is 13.5. The summed E-state index contributed by atoms with van der Waals surface area (Å²) in [5, 5.41) is 7.84. The van der Waals surface area contributed by atoms with Crippen molar-refractivity contribution < 1.29 is 0 Å². The molecule has 1 N–H and O–H groups in total. The van der Waals surface area contributed by atoms with Crippen LogP contribution in [-0.4, -0.2) is 16.3 Å². The van der Waals surface area contributed by atoms with E-state index in [9.17, 15) is 4.79 Å². The molecule has 0 amide bonds. The number of nitrogens with zero attached hydrogens (tertiary/aromatic N) is 2. The Labute approximate surface area is 135 Å². The normalized spacial score (nSPS) is 35.6. The Morgan fingerprint density at radius 3 is 2.45 bits per heavy atom. The van der Waals surface area contributed by atoms with E-state index in [1.54, 1.807) is 17.0 Å². The standard InChI is InChI=1S/C17H22ClN3O/c1-2-3-19-14-10-20-21(16(22)15(14)18)17-7-11-4-12(8-17)6-13(5-11)9-17/h2,10-13,19H,1,3-9H2. The van der Waals surface area contributed by atoms with E-state index in [4.69, 9.17) is 11.6 Å². The molecule has 0 spiro atoms. The molecule has 0 radical (unpaired) electrons. The lowest BCUT2D eigenvalue weighted by Crippen LogP contribution is -2.55. The summed E-state index contributed by atoms with van der Waals surface area (Å²) in [6.45, 7) is 4.23. The highest BCUT2D eigenvalue weighted by Crippen LogP contribution is 2.58. The number of rotatable bonds is 4. The van der Waals surface area contributed by atoms with Crippen molar-refractivity contribution in [2.24, 2.45) is 17.8 Å². The first-order chi connectivity index (χ1) is 10.6. The summed E-state index contributed by atoms with van der Waals surface area (Å²) in [5.41, 5.74) is 0.386. The van der Waals surface area contributed by atoms with E-state index in [-0.39, 0.29) is 16.1 Å². The average Bonchev–Trinajstić information content (AvgIpc) is 2.47. The summed E-state index contributed by atoms with van der Waals surface area (Å²) < 4.78 is 1.72. The molecule has 0 unspecified atom stereocenters. The fourth-order valence-electron chi connectivity index (χ4n) is 5.40. The molecule has 4 aliphatic rings. The Balaban J connectivity index is 1.72. The maximum atomic E-state index is 12.8. The molecule has 0 atom stereocenters. The number of anilines is 1. The lowest BCUT2D eigenvalue weighted by molar-refractivity contribution is -0.0518. The van der Waals surface area contributed by atoms with Crippen LogP contribution in [-0.2, 0) is 5.54 Å². The Morgan fingerprint density at radius 1 is 1.32 bits per heavy atom. The van der Waals surface area contributed by atoms with Crippen molar-refractivity contribution >= 4 is 17.3 Å². The maximum Gasteiger partial charge on any atom is 0.288 e. The third kappa shape index (κ3) is 2.11. The summed E-state index contributed by atoms with van der Waals surface area (Å²) >= 11 is 6.30. The molecule has 0 aromatic carbocycles. The molecule has 118 valence electrons. The number of hydrogen-bond acceptors (Lipinski definition) is 3. The highest BCUT2D eigenvalue weighted by Gasteiger charge is 2.53. The molecule has 5 heteroatoms. The zero-order chi connectivity index (χ0) is 15.3. The van der Waals surface area contributed by atoms with E-state index < -0.39 is 0 Å². The van der Waals surface area contributed by atoms with Gasteiger partial charge in [0.05, 0.1) is 17.4 Å². The van der Waals surface area contributed by atoms with Gasteiger partial charge < -0.3 is 5.32 Å². The van der Waals surface area contributed by atoms with Crippen LogP contribution in [0.4, 0.5) is 5.69 Å². The molecule has 4 saturated carbocycles. The molecule has 0 aliphatic heterocycles. The van der Waals surface area contributed by atoms with Crippen LogP contribution < -0.4 is 10.9 Å². The lowest BCUT2D eigenvalue weighted by atomic mass is 9.53. The lowest BCUT2D eigenvalue weighted by Gasteiger charge is -2.56. The second kappa shape index (κ2) is 5.12. The molecule has 22 heavy (non-hydrogen) atoms. The third-order valence-corrected chi connectivity index (χ3v) is 6.18. The minimum atomic E-state index is -0.141. The van der Waals surface area contributed by atoms with Gasteiger partial charge in [0.1, 0.15) is 5.02 Å². The predicted molar refractivity (Wildman–Crippen MR) is 88.3 cm³/mol. The van der Waals surface area contributed by atoms with E-state index in [0.29, 0.717) is 12.2 Å². The predicted octanol–water partition coefficient (Wildman–Crippen LogP) is 3.42. The van der Waals surface area contributed by atoms with Gasteiger partial charge in [0.2, 0.25) is 0 Å². The zero-order valence-electron chi connectivity index (χ0n) is 12.7. The SMILES string of the molecule is C=CCNc1cnn(C23CC4CC(CC(C4)C2)C3)c(=O)c1Cl. The number of hydrogen-bond donors (Lipinski definition) is 1. The second-order valence-electron chi connectivity index (χ2n) is 7.40. The van der Waals surface area contributed by atoms with Crippen LogP contribution in [0.2, 0.25) is 5.02 Å². The molecule has 1 aromatic heterocycles. The Bertz CT molecular complexity index is 631. The molecule has 1 heterocycles. The van der Waals surface area contributed by atoms with Crippen LogP contribution in [0.1, 0.15) is 38.5 Å². The molecule has 4 bridgehead atoms. The fourth-order valence-corrected chi connectivity index (χ4v) is 5.60. The van der Waals surface area contributed by atoms with E-state index in [0.717, 1.165) is 37.0 Å². The summed E-state index contributed by atoms with van der Waals surface area (Å²) in [4.78, 5) is 12.8. The topological polar surface area (TPSA) is 46.9 Å². The summed E-state index contributed by atoms with van der Waals surface area (Å²) in [7, 11) is 0. The van der Waals surface area contributed by atoms with Crippen molar-refractivity contribution in [3.63, 3.8) is 0 Å². The maximum absolute atomic E-state index is 12.8. The summed E-state index contributed by atoms with van der Waals surface area (Å²) in [5.74, 6) is 2.33. The number of nitrogens with one attached hydrogen (secondary N) is 1. The van der Waals surface area contributed by atoms with E-state index in [2.05, 4.69) is 17.0 Å². The first kappa shape index (κ1) is 14.3. The van der Waals surface area contributed by atoms with Crippen molar-refractivity contribution in [2.45, 2.75) is 44.1 Å². The van der Waals surface area contributed by atoms with E-state index in [1.165, 1.54) is 19.3 Å². The van der Waals surface area contributed by atoms with Gasteiger partial charge >= 0.3 is 0 Å². The highest BCUT2D eigenvalue weighted by molar-refractivity contribution is 6.32.